The topological polar surface area (TPSA) is 66.4 Å². The summed E-state index contributed by atoms with van der Waals surface area (Å²) in [4.78, 5) is 21.1. The van der Waals surface area contributed by atoms with Crippen LogP contribution in [0, 0.1) is 0 Å². The van der Waals surface area contributed by atoms with Crippen molar-refractivity contribution >= 4 is 29.3 Å². The van der Waals surface area contributed by atoms with Gasteiger partial charge in [-0.3, -0.25) is 4.79 Å². The van der Waals surface area contributed by atoms with Crippen molar-refractivity contribution in [2.24, 2.45) is 0 Å². The summed E-state index contributed by atoms with van der Waals surface area (Å²) in [5, 5.41) is 10.5. The SMILES string of the molecule is CC(=O)Oc1ccccc1C(=O)[O-].[Al+3]. The van der Waals surface area contributed by atoms with Crippen LogP contribution in [0.5, 0.6) is 5.75 Å². The summed E-state index contributed by atoms with van der Waals surface area (Å²) in [6, 6.07) is 5.81. The first-order chi connectivity index (χ1) is 6.11. The molecule has 0 aliphatic carbocycles. The molecule has 1 aromatic rings. The van der Waals surface area contributed by atoms with E-state index in [-0.39, 0.29) is 28.7 Å². The molecule has 0 unspecified atom stereocenters. The van der Waals surface area contributed by atoms with Crippen LogP contribution < -0.4 is 9.84 Å². The molecular weight excluding hydrogens is 199 g/mol. The predicted octanol–water partition coefficient (Wildman–Crippen LogP) is -0.405. The van der Waals surface area contributed by atoms with Crippen molar-refractivity contribution in [3.05, 3.63) is 29.8 Å². The first-order valence-electron chi connectivity index (χ1n) is 3.60. The van der Waals surface area contributed by atoms with Gasteiger partial charge in [0.1, 0.15) is 5.75 Å². The van der Waals surface area contributed by atoms with Gasteiger partial charge in [0, 0.05) is 12.5 Å². The molecule has 0 N–H and O–H groups in total. The number of carbonyl (C=O) groups is 2. The molecule has 0 atom stereocenters. The zero-order valence-corrected chi connectivity index (χ0v) is 8.67. The molecule has 0 aliphatic heterocycles. The first-order valence-corrected chi connectivity index (χ1v) is 3.60. The fourth-order valence-electron chi connectivity index (χ4n) is 0.879. The number of carboxylic acids is 1. The van der Waals surface area contributed by atoms with Crippen LogP contribution in [0.4, 0.5) is 0 Å². The minimum Gasteiger partial charge on any atom is -0.545 e. The molecule has 1 rings (SSSR count). The number of carboxylic acid groups (broad SMARTS) is 1. The molecule has 0 fully saturated rings. The molecule has 4 nitrogen and oxygen atoms in total. The maximum absolute atomic E-state index is 10.6. The molecule has 0 radical (unpaired) electrons. The van der Waals surface area contributed by atoms with Gasteiger partial charge >= 0.3 is 23.3 Å². The molecule has 0 aliphatic rings. The second-order valence-corrected chi connectivity index (χ2v) is 2.38. The van der Waals surface area contributed by atoms with E-state index in [4.69, 9.17) is 0 Å². The molecule has 0 spiro atoms. The van der Waals surface area contributed by atoms with E-state index >= 15 is 0 Å². The first kappa shape index (κ1) is 12.7. The van der Waals surface area contributed by atoms with Crippen LogP contribution in [0.2, 0.25) is 0 Å². The van der Waals surface area contributed by atoms with Gasteiger partial charge in [0.25, 0.3) is 0 Å². The van der Waals surface area contributed by atoms with Crippen molar-refractivity contribution in [3.63, 3.8) is 0 Å². The van der Waals surface area contributed by atoms with Crippen LogP contribution in [-0.2, 0) is 4.79 Å². The summed E-state index contributed by atoms with van der Waals surface area (Å²) < 4.78 is 4.65. The number of hydrogen-bond donors (Lipinski definition) is 0. The third kappa shape index (κ3) is 3.21. The van der Waals surface area contributed by atoms with Crippen molar-refractivity contribution in [1.82, 2.24) is 0 Å². The van der Waals surface area contributed by atoms with E-state index in [0.29, 0.717) is 0 Å². The summed E-state index contributed by atoms with van der Waals surface area (Å²) in [6.07, 6.45) is 0. The van der Waals surface area contributed by atoms with E-state index in [0.717, 1.165) is 0 Å². The minimum atomic E-state index is -1.36. The van der Waals surface area contributed by atoms with Crippen molar-refractivity contribution in [2.45, 2.75) is 6.92 Å². The maximum atomic E-state index is 10.6. The second-order valence-electron chi connectivity index (χ2n) is 2.38. The number of hydrogen-bond acceptors (Lipinski definition) is 4. The van der Waals surface area contributed by atoms with Gasteiger partial charge in [-0.05, 0) is 12.1 Å². The second kappa shape index (κ2) is 5.43. The third-order valence-electron chi connectivity index (χ3n) is 1.36. The third-order valence-corrected chi connectivity index (χ3v) is 1.36. The molecule has 0 amide bonds. The van der Waals surface area contributed by atoms with Crippen LogP contribution in [0.25, 0.3) is 0 Å². The van der Waals surface area contributed by atoms with Gasteiger partial charge in [-0.1, -0.05) is 12.1 Å². The predicted molar refractivity (Wildman–Crippen MR) is 47.8 cm³/mol. The van der Waals surface area contributed by atoms with Crippen molar-refractivity contribution in [2.75, 3.05) is 0 Å². The Bertz CT molecular complexity index is 348. The fourth-order valence-corrected chi connectivity index (χ4v) is 0.879. The van der Waals surface area contributed by atoms with Gasteiger partial charge in [0.15, 0.2) is 0 Å². The molecule has 68 valence electrons. The van der Waals surface area contributed by atoms with Gasteiger partial charge in [-0.15, -0.1) is 0 Å². The molecule has 0 saturated carbocycles. The summed E-state index contributed by atoms with van der Waals surface area (Å²) in [6.45, 7) is 1.20. The van der Waals surface area contributed by atoms with E-state index in [9.17, 15) is 14.7 Å². The Morgan fingerprint density at radius 2 is 1.86 bits per heavy atom. The van der Waals surface area contributed by atoms with E-state index in [1.54, 1.807) is 6.07 Å². The molecule has 0 aromatic heterocycles. The van der Waals surface area contributed by atoms with E-state index < -0.39 is 11.9 Å². The van der Waals surface area contributed by atoms with Gasteiger partial charge in [-0.25, -0.2) is 0 Å². The largest absolute Gasteiger partial charge is 3.00 e. The van der Waals surface area contributed by atoms with Gasteiger partial charge in [0.05, 0.1) is 5.97 Å². The molecule has 0 bridgehead atoms. The Morgan fingerprint density at radius 1 is 1.29 bits per heavy atom. The average molecular weight is 206 g/mol. The monoisotopic (exact) mass is 206 g/mol. The van der Waals surface area contributed by atoms with E-state index in [1.807, 2.05) is 0 Å². The normalized spacial score (nSPS) is 8.64. The average Bonchev–Trinajstić information content (AvgIpc) is 2.03. The Balaban J connectivity index is 0.00000169. The summed E-state index contributed by atoms with van der Waals surface area (Å²) in [7, 11) is 0. The Kier molecular flexibility index (Phi) is 4.92. The molecular formula is C9H7AlO4+2. The number of rotatable bonds is 2. The number of benzene rings is 1. The van der Waals surface area contributed by atoms with E-state index in [1.165, 1.54) is 25.1 Å². The van der Waals surface area contributed by atoms with Gasteiger partial charge in [-0.2, -0.15) is 0 Å². The number of aromatic carboxylic acids is 1. The summed E-state index contributed by atoms with van der Waals surface area (Å²) >= 11 is 0. The molecule has 5 heteroatoms. The fraction of sp³-hybridized carbons (Fsp3) is 0.111. The Hall–Kier alpha value is -1.31. The van der Waals surface area contributed by atoms with Crippen molar-refractivity contribution < 1.29 is 19.4 Å². The number of carbonyl (C=O) groups excluding carboxylic acids is 2. The van der Waals surface area contributed by atoms with Crippen LogP contribution in [0.3, 0.4) is 0 Å². The quantitative estimate of drug-likeness (QED) is 0.375. The summed E-state index contributed by atoms with van der Waals surface area (Å²) in [5.41, 5.74) is -0.127. The van der Waals surface area contributed by atoms with Crippen LogP contribution >= 0.6 is 0 Å². The molecule has 14 heavy (non-hydrogen) atoms. The minimum absolute atomic E-state index is 0. The zero-order valence-electron chi connectivity index (χ0n) is 7.52. The maximum Gasteiger partial charge on any atom is 3.00 e. The zero-order chi connectivity index (χ0) is 9.84. The van der Waals surface area contributed by atoms with Crippen molar-refractivity contribution in [3.8, 4) is 5.75 Å². The van der Waals surface area contributed by atoms with Gasteiger partial charge in [0.2, 0.25) is 0 Å². The number of para-hydroxylation sites is 1. The van der Waals surface area contributed by atoms with Crippen LogP contribution in [0.15, 0.2) is 24.3 Å². The Morgan fingerprint density at radius 3 is 2.36 bits per heavy atom. The van der Waals surface area contributed by atoms with Crippen LogP contribution in [-0.4, -0.2) is 29.3 Å². The van der Waals surface area contributed by atoms with Crippen LogP contribution in [0.1, 0.15) is 17.3 Å². The molecule has 0 saturated heterocycles. The van der Waals surface area contributed by atoms with Crippen molar-refractivity contribution in [1.29, 1.82) is 0 Å². The smallest absolute Gasteiger partial charge is 0.545 e. The standard InChI is InChI=1S/C9H8O4.Al/c1-6(10)13-8-5-3-2-4-7(8)9(11)12;/h2-5H,1H3,(H,11,12);/q;+3/p-1. The summed E-state index contributed by atoms with van der Waals surface area (Å²) in [5.74, 6) is -1.92. The van der Waals surface area contributed by atoms with Gasteiger partial charge < -0.3 is 14.6 Å². The number of esters is 1. The number of ether oxygens (including phenoxy) is 1. The van der Waals surface area contributed by atoms with E-state index in [2.05, 4.69) is 4.74 Å². The Labute approximate surface area is 91.6 Å². The molecule has 1 aromatic carbocycles. The molecule has 0 heterocycles.